The average molecular weight is 303 g/mol. The zero-order valence-electron chi connectivity index (χ0n) is 14.3. The summed E-state index contributed by atoms with van der Waals surface area (Å²) in [6, 6.07) is 6.25. The molecule has 0 aromatic heterocycles. The molecule has 0 spiro atoms. The molecule has 1 aliphatic rings. The monoisotopic (exact) mass is 303 g/mol. The van der Waals surface area contributed by atoms with Crippen LogP contribution in [0.4, 0.5) is 10.5 Å². The van der Waals surface area contributed by atoms with E-state index in [4.69, 9.17) is 4.74 Å². The van der Waals surface area contributed by atoms with E-state index in [1.54, 1.807) is 0 Å². The third-order valence-corrected chi connectivity index (χ3v) is 4.43. The summed E-state index contributed by atoms with van der Waals surface area (Å²) in [5, 5.41) is 3.03. The van der Waals surface area contributed by atoms with Crippen LogP contribution in [0.15, 0.2) is 18.2 Å². The predicted molar refractivity (Wildman–Crippen MR) is 91.6 cm³/mol. The Labute approximate surface area is 134 Å². The molecule has 1 aromatic carbocycles. The van der Waals surface area contributed by atoms with Crippen LogP contribution in [0.25, 0.3) is 0 Å². The second kappa shape index (κ2) is 7.66. The lowest BCUT2D eigenvalue weighted by atomic mass is 9.93. The van der Waals surface area contributed by atoms with E-state index in [2.05, 4.69) is 51.2 Å². The number of carbonyl (C=O) groups excluding carboxylic acids is 1. The Kier molecular flexibility index (Phi) is 5.87. The summed E-state index contributed by atoms with van der Waals surface area (Å²) >= 11 is 0. The predicted octanol–water partition coefficient (Wildman–Crippen LogP) is 5.81. The highest BCUT2D eigenvalue weighted by molar-refractivity contribution is 5.87. The van der Waals surface area contributed by atoms with Gasteiger partial charge in [0.25, 0.3) is 0 Å². The van der Waals surface area contributed by atoms with E-state index in [-0.39, 0.29) is 12.2 Å². The molecule has 0 radical (unpaired) electrons. The zero-order valence-corrected chi connectivity index (χ0v) is 14.3. The van der Waals surface area contributed by atoms with Crippen LogP contribution in [0.3, 0.4) is 0 Å². The average Bonchev–Trinajstić information content (AvgIpc) is 2.47. The fourth-order valence-corrected chi connectivity index (χ4v) is 3.16. The molecule has 1 amide bonds. The Morgan fingerprint density at radius 1 is 1.05 bits per heavy atom. The molecule has 0 saturated heterocycles. The first kappa shape index (κ1) is 16.9. The smallest absolute Gasteiger partial charge is 0.411 e. The summed E-state index contributed by atoms with van der Waals surface area (Å²) in [6.07, 6.45) is 5.36. The zero-order chi connectivity index (χ0) is 16.1. The summed E-state index contributed by atoms with van der Waals surface area (Å²) < 4.78 is 5.61. The molecule has 1 fully saturated rings. The highest BCUT2D eigenvalue weighted by Gasteiger charge is 2.20. The maximum absolute atomic E-state index is 12.3. The van der Waals surface area contributed by atoms with E-state index >= 15 is 0 Å². The van der Waals surface area contributed by atoms with Crippen molar-refractivity contribution in [3.05, 3.63) is 29.3 Å². The molecule has 22 heavy (non-hydrogen) atoms. The van der Waals surface area contributed by atoms with Crippen LogP contribution in [0, 0.1) is 0 Å². The Bertz CT molecular complexity index is 476. The number of nitrogens with one attached hydrogen (secondary N) is 1. The van der Waals surface area contributed by atoms with Gasteiger partial charge in [0.05, 0.1) is 5.69 Å². The lowest BCUT2D eigenvalue weighted by Gasteiger charge is -2.24. The molecular formula is C19H29NO2. The van der Waals surface area contributed by atoms with Crippen LogP contribution in [0.2, 0.25) is 0 Å². The molecule has 0 atom stereocenters. The molecule has 1 aromatic rings. The van der Waals surface area contributed by atoms with Gasteiger partial charge in [0, 0.05) is 0 Å². The number of carbonyl (C=O) groups is 1. The maximum Gasteiger partial charge on any atom is 0.411 e. The number of rotatable bonds is 4. The number of benzene rings is 1. The highest BCUT2D eigenvalue weighted by Crippen LogP contribution is 2.32. The van der Waals surface area contributed by atoms with Crippen LogP contribution in [-0.4, -0.2) is 12.2 Å². The van der Waals surface area contributed by atoms with Crippen LogP contribution in [0.1, 0.15) is 82.8 Å². The maximum atomic E-state index is 12.3. The van der Waals surface area contributed by atoms with E-state index in [9.17, 15) is 4.79 Å². The lowest BCUT2D eigenvalue weighted by molar-refractivity contribution is 0.0865. The van der Waals surface area contributed by atoms with Gasteiger partial charge in [-0.15, -0.1) is 0 Å². The summed E-state index contributed by atoms with van der Waals surface area (Å²) in [7, 11) is 0. The molecule has 3 nitrogen and oxygen atoms in total. The summed E-state index contributed by atoms with van der Waals surface area (Å²) in [5.41, 5.74) is 3.28. The Hall–Kier alpha value is -1.51. The van der Waals surface area contributed by atoms with E-state index in [0.29, 0.717) is 11.8 Å². The van der Waals surface area contributed by atoms with Crippen molar-refractivity contribution in [2.45, 2.75) is 77.7 Å². The number of anilines is 1. The molecule has 1 aliphatic carbocycles. The Balaban J connectivity index is 2.14. The molecule has 0 aliphatic heterocycles. The topological polar surface area (TPSA) is 38.3 Å². The van der Waals surface area contributed by atoms with Crippen LogP contribution < -0.4 is 5.32 Å². The summed E-state index contributed by atoms with van der Waals surface area (Å²) in [4.78, 5) is 12.3. The van der Waals surface area contributed by atoms with Crippen molar-refractivity contribution in [1.82, 2.24) is 0 Å². The minimum Gasteiger partial charge on any atom is -0.446 e. The minimum absolute atomic E-state index is 0.0856. The first-order valence-electron chi connectivity index (χ1n) is 8.59. The van der Waals surface area contributed by atoms with E-state index in [1.165, 1.54) is 17.5 Å². The highest BCUT2D eigenvalue weighted by atomic mass is 16.6. The molecule has 0 bridgehead atoms. The van der Waals surface area contributed by atoms with Crippen molar-refractivity contribution >= 4 is 11.8 Å². The Morgan fingerprint density at radius 3 is 2.09 bits per heavy atom. The summed E-state index contributed by atoms with van der Waals surface area (Å²) in [5.74, 6) is 0.729. The van der Waals surface area contributed by atoms with Crippen molar-refractivity contribution in [2.75, 3.05) is 5.32 Å². The number of ether oxygens (including phenoxy) is 1. The first-order valence-corrected chi connectivity index (χ1v) is 8.59. The lowest BCUT2D eigenvalue weighted by Crippen LogP contribution is -2.25. The normalized spacial score (nSPS) is 16.1. The molecular weight excluding hydrogens is 274 g/mol. The van der Waals surface area contributed by atoms with Gasteiger partial charge < -0.3 is 4.74 Å². The van der Waals surface area contributed by atoms with E-state index in [0.717, 1.165) is 31.4 Å². The number of para-hydroxylation sites is 1. The number of hydrogen-bond donors (Lipinski definition) is 1. The van der Waals surface area contributed by atoms with Crippen molar-refractivity contribution < 1.29 is 9.53 Å². The standard InChI is InChI=1S/C19H29NO2/c1-13(2)16-11-8-12-17(14(3)4)18(16)20-19(21)22-15-9-6-5-7-10-15/h8,11-15H,5-7,9-10H2,1-4H3,(H,20,21). The van der Waals surface area contributed by atoms with Crippen LogP contribution in [-0.2, 0) is 4.74 Å². The van der Waals surface area contributed by atoms with Crippen LogP contribution >= 0.6 is 0 Å². The van der Waals surface area contributed by atoms with Crippen LogP contribution in [0.5, 0.6) is 0 Å². The largest absolute Gasteiger partial charge is 0.446 e. The van der Waals surface area contributed by atoms with Crippen molar-refractivity contribution in [2.24, 2.45) is 0 Å². The molecule has 2 rings (SSSR count). The summed E-state index contributed by atoms with van der Waals surface area (Å²) in [6.45, 7) is 8.60. The van der Waals surface area contributed by atoms with Crippen molar-refractivity contribution in [3.8, 4) is 0 Å². The van der Waals surface area contributed by atoms with Gasteiger partial charge in [-0.05, 0) is 48.6 Å². The van der Waals surface area contributed by atoms with Gasteiger partial charge in [-0.1, -0.05) is 52.3 Å². The third-order valence-electron chi connectivity index (χ3n) is 4.43. The van der Waals surface area contributed by atoms with E-state index < -0.39 is 0 Å². The van der Waals surface area contributed by atoms with Gasteiger partial charge in [-0.2, -0.15) is 0 Å². The molecule has 0 unspecified atom stereocenters. The molecule has 3 heteroatoms. The van der Waals surface area contributed by atoms with Gasteiger partial charge >= 0.3 is 6.09 Å². The SMILES string of the molecule is CC(C)c1cccc(C(C)C)c1NC(=O)OC1CCCCC1. The van der Waals surface area contributed by atoms with Gasteiger partial charge in [0.1, 0.15) is 6.10 Å². The number of hydrogen-bond acceptors (Lipinski definition) is 2. The van der Waals surface area contributed by atoms with Gasteiger partial charge in [0.2, 0.25) is 0 Å². The molecule has 1 N–H and O–H groups in total. The van der Waals surface area contributed by atoms with Gasteiger partial charge in [-0.3, -0.25) is 5.32 Å². The van der Waals surface area contributed by atoms with E-state index in [1.807, 2.05) is 0 Å². The molecule has 1 saturated carbocycles. The van der Waals surface area contributed by atoms with Gasteiger partial charge in [0.15, 0.2) is 0 Å². The first-order chi connectivity index (χ1) is 10.5. The fraction of sp³-hybridized carbons (Fsp3) is 0.632. The molecule has 0 heterocycles. The fourth-order valence-electron chi connectivity index (χ4n) is 3.16. The minimum atomic E-state index is -0.304. The third kappa shape index (κ3) is 4.25. The second-order valence-electron chi connectivity index (χ2n) is 6.91. The van der Waals surface area contributed by atoms with Crippen molar-refractivity contribution in [3.63, 3.8) is 0 Å². The second-order valence-corrected chi connectivity index (χ2v) is 6.91. The molecule has 122 valence electrons. The Morgan fingerprint density at radius 2 is 1.59 bits per heavy atom. The quantitative estimate of drug-likeness (QED) is 0.761. The number of amides is 1. The van der Waals surface area contributed by atoms with Crippen molar-refractivity contribution in [1.29, 1.82) is 0 Å². The van der Waals surface area contributed by atoms with Gasteiger partial charge in [-0.25, -0.2) is 4.79 Å².